The van der Waals surface area contributed by atoms with Crippen molar-refractivity contribution in [2.24, 2.45) is 0 Å². The van der Waals surface area contributed by atoms with Gasteiger partial charge in [0.05, 0.1) is 12.2 Å². The summed E-state index contributed by atoms with van der Waals surface area (Å²) in [6, 6.07) is 6.75. The number of hydrogen-bond acceptors (Lipinski definition) is 4. The van der Waals surface area contributed by atoms with Crippen LogP contribution < -0.4 is 5.32 Å². The average Bonchev–Trinajstić information content (AvgIpc) is 2.40. The molecule has 98 valence electrons. The van der Waals surface area contributed by atoms with Gasteiger partial charge >= 0.3 is 0 Å². The number of ketones is 1. The second kappa shape index (κ2) is 5.51. The SMILES string of the molecule is CC(=O)CNc1ccc(-c2ccc(F)c(F)c2)nn1. The summed E-state index contributed by atoms with van der Waals surface area (Å²) >= 11 is 0. The molecule has 0 bridgehead atoms. The number of rotatable bonds is 4. The molecule has 0 aliphatic rings. The molecule has 1 aromatic heterocycles. The van der Waals surface area contributed by atoms with E-state index in [0.717, 1.165) is 12.1 Å². The van der Waals surface area contributed by atoms with E-state index >= 15 is 0 Å². The number of benzene rings is 1. The summed E-state index contributed by atoms with van der Waals surface area (Å²) in [7, 11) is 0. The highest BCUT2D eigenvalue weighted by atomic mass is 19.2. The lowest BCUT2D eigenvalue weighted by molar-refractivity contribution is -0.115. The highest BCUT2D eigenvalue weighted by molar-refractivity contribution is 5.80. The van der Waals surface area contributed by atoms with Crippen LogP contribution in [0.5, 0.6) is 0 Å². The Kier molecular flexibility index (Phi) is 3.79. The third-order valence-corrected chi connectivity index (χ3v) is 2.40. The molecule has 1 aromatic carbocycles. The van der Waals surface area contributed by atoms with Crippen LogP contribution in [0.2, 0.25) is 0 Å². The summed E-state index contributed by atoms with van der Waals surface area (Å²) in [6.07, 6.45) is 0. The quantitative estimate of drug-likeness (QED) is 0.920. The van der Waals surface area contributed by atoms with Crippen LogP contribution in [0.4, 0.5) is 14.6 Å². The fourth-order valence-electron chi connectivity index (χ4n) is 1.45. The summed E-state index contributed by atoms with van der Waals surface area (Å²) in [6.45, 7) is 1.62. The number of Topliss-reactive ketones (excluding diaryl/α,β-unsaturated/α-hetero) is 1. The molecule has 0 saturated heterocycles. The fourth-order valence-corrected chi connectivity index (χ4v) is 1.45. The number of nitrogens with zero attached hydrogens (tertiary/aromatic N) is 2. The lowest BCUT2D eigenvalue weighted by Gasteiger charge is -2.04. The molecule has 0 fully saturated rings. The van der Waals surface area contributed by atoms with E-state index in [-0.39, 0.29) is 12.3 Å². The van der Waals surface area contributed by atoms with E-state index in [9.17, 15) is 13.6 Å². The van der Waals surface area contributed by atoms with Gasteiger partial charge in [0.15, 0.2) is 11.6 Å². The largest absolute Gasteiger partial charge is 0.362 e. The van der Waals surface area contributed by atoms with Crippen LogP contribution in [0.3, 0.4) is 0 Å². The highest BCUT2D eigenvalue weighted by Gasteiger charge is 2.06. The molecular weight excluding hydrogens is 252 g/mol. The van der Waals surface area contributed by atoms with Gasteiger partial charge in [0, 0.05) is 5.56 Å². The number of carbonyl (C=O) groups is 1. The van der Waals surface area contributed by atoms with Crippen molar-refractivity contribution in [1.82, 2.24) is 10.2 Å². The van der Waals surface area contributed by atoms with Crippen molar-refractivity contribution in [2.75, 3.05) is 11.9 Å². The Hall–Kier alpha value is -2.37. The van der Waals surface area contributed by atoms with Crippen LogP contribution in [-0.4, -0.2) is 22.5 Å². The van der Waals surface area contributed by atoms with Gasteiger partial charge in [0.1, 0.15) is 11.6 Å². The van der Waals surface area contributed by atoms with Crippen LogP contribution in [0.15, 0.2) is 30.3 Å². The van der Waals surface area contributed by atoms with Crippen molar-refractivity contribution in [3.8, 4) is 11.3 Å². The summed E-state index contributed by atoms with van der Waals surface area (Å²) in [5, 5.41) is 10.5. The number of hydrogen-bond donors (Lipinski definition) is 1. The van der Waals surface area contributed by atoms with Crippen LogP contribution in [-0.2, 0) is 4.79 Å². The van der Waals surface area contributed by atoms with Gasteiger partial charge in [-0.2, -0.15) is 0 Å². The van der Waals surface area contributed by atoms with Gasteiger partial charge in [-0.1, -0.05) is 0 Å². The van der Waals surface area contributed by atoms with Crippen LogP contribution in [0.1, 0.15) is 6.92 Å². The number of anilines is 1. The zero-order chi connectivity index (χ0) is 13.8. The second-order valence-corrected chi connectivity index (χ2v) is 3.99. The van der Waals surface area contributed by atoms with E-state index in [4.69, 9.17) is 0 Å². The molecule has 1 N–H and O–H groups in total. The van der Waals surface area contributed by atoms with Crippen molar-refractivity contribution in [1.29, 1.82) is 0 Å². The Bertz CT molecular complexity index is 599. The maximum Gasteiger partial charge on any atom is 0.159 e. The Balaban J connectivity index is 2.17. The van der Waals surface area contributed by atoms with Crippen LogP contribution in [0.25, 0.3) is 11.3 Å². The van der Waals surface area contributed by atoms with Crippen molar-refractivity contribution in [3.05, 3.63) is 42.0 Å². The smallest absolute Gasteiger partial charge is 0.159 e. The molecular formula is C13H11F2N3O. The molecule has 6 heteroatoms. The Morgan fingerprint density at radius 2 is 1.95 bits per heavy atom. The Labute approximate surface area is 108 Å². The lowest BCUT2D eigenvalue weighted by Crippen LogP contribution is -2.11. The topological polar surface area (TPSA) is 54.9 Å². The third-order valence-electron chi connectivity index (χ3n) is 2.40. The first kappa shape index (κ1) is 13.1. The number of halogens is 2. The Morgan fingerprint density at radius 3 is 2.53 bits per heavy atom. The van der Waals surface area contributed by atoms with Gasteiger partial charge in [-0.15, -0.1) is 10.2 Å². The van der Waals surface area contributed by atoms with Crippen molar-refractivity contribution in [2.45, 2.75) is 6.92 Å². The molecule has 0 aliphatic heterocycles. The zero-order valence-corrected chi connectivity index (χ0v) is 10.2. The van der Waals surface area contributed by atoms with E-state index in [1.165, 1.54) is 13.0 Å². The maximum absolute atomic E-state index is 13.1. The van der Waals surface area contributed by atoms with Gasteiger partial charge in [-0.3, -0.25) is 4.79 Å². The van der Waals surface area contributed by atoms with Crippen LogP contribution >= 0.6 is 0 Å². The van der Waals surface area contributed by atoms with Crippen molar-refractivity contribution >= 4 is 11.6 Å². The molecule has 0 atom stereocenters. The van der Waals surface area contributed by atoms with Crippen molar-refractivity contribution in [3.63, 3.8) is 0 Å². The third kappa shape index (κ3) is 3.31. The molecule has 0 saturated carbocycles. The molecule has 4 nitrogen and oxygen atoms in total. The minimum Gasteiger partial charge on any atom is -0.362 e. The minimum absolute atomic E-state index is 0.0218. The van der Waals surface area contributed by atoms with Crippen LogP contribution in [0, 0.1) is 11.6 Å². The predicted molar refractivity (Wildman–Crippen MR) is 66.6 cm³/mol. The number of aromatic nitrogens is 2. The Morgan fingerprint density at radius 1 is 1.16 bits per heavy atom. The monoisotopic (exact) mass is 263 g/mol. The second-order valence-electron chi connectivity index (χ2n) is 3.99. The van der Waals surface area contributed by atoms with Gasteiger partial charge in [-0.05, 0) is 37.3 Å². The maximum atomic E-state index is 13.1. The molecule has 1 heterocycles. The highest BCUT2D eigenvalue weighted by Crippen LogP contribution is 2.19. The molecule has 0 spiro atoms. The van der Waals surface area contributed by atoms with E-state index in [2.05, 4.69) is 15.5 Å². The average molecular weight is 263 g/mol. The first-order valence-electron chi connectivity index (χ1n) is 5.59. The first-order chi connectivity index (χ1) is 9.06. The van der Waals surface area contributed by atoms with E-state index < -0.39 is 11.6 Å². The summed E-state index contributed by atoms with van der Waals surface area (Å²) in [5.41, 5.74) is 0.858. The van der Waals surface area contributed by atoms with Gasteiger partial charge in [-0.25, -0.2) is 8.78 Å². The fraction of sp³-hybridized carbons (Fsp3) is 0.154. The standard InChI is InChI=1S/C13H11F2N3O/c1-8(19)7-16-13-5-4-12(17-18-13)9-2-3-10(14)11(15)6-9/h2-6H,7H2,1H3,(H,16,18). The minimum atomic E-state index is -0.932. The summed E-state index contributed by atoms with van der Waals surface area (Å²) in [5.74, 6) is -1.41. The predicted octanol–water partition coefficient (Wildman–Crippen LogP) is 2.42. The molecule has 0 aliphatic carbocycles. The summed E-state index contributed by atoms with van der Waals surface area (Å²) < 4.78 is 25.9. The molecule has 2 rings (SSSR count). The van der Waals surface area contributed by atoms with Gasteiger partial charge in [0.2, 0.25) is 0 Å². The molecule has 19 heavy (non-hydrogen) atoms. The van der Waals surface area contributed by atoms with E-state index in [0.29, 0.717) is 17.1 Å². The number of nitrogens with one attached hydrogen (secondary N) is 1. The van der Waals surface area contributed by atoms with Gasteiger partial charge < -0.3 is 5.32 Å². The molecule has 0 radical (unpaired) electrons. The van der Waals surface area contributed by atoms with E-state index in [1.54, 1.807) is 12.1 Å². The van der Waals surface area contributed by atoms with Crippen molar-refractivity contribution < 1.29 is 13.6 Å². The molecule has 0 amide bonds. The first-order valence-corrected chi connectivity index (χ1v) is 5.59. The van der Waals surface area contributed by atoms with E-state index in [1.807, 2.05) is 0 Å². The normalized spacial score (nSPS) is 10.3. The number of carbonyl (C=O) groups excluding carboxylic acids is 1. The molecule has 2 aromatic rings. The molecule has 0 unspecified atom stereocenters. The lowest BCUT2D eigenvalue weighted by atomic mass is 10.1. The zero-order valence-electron chi connectivity index (χ0n) is 10.2. The van der Waals surface area contributed by atoms with Gasteiger partial charge in [0.25, 0.3) is 0 Å². The summed E-state index contributed by atoms with van der Waals surface area (Å²) in [4.78, 5) is 10.8.